The number of unbranched alkanes of at least 4 members (excludes halogenated alkanes) is 3. The summed E-state index contributed by atoms with van der Waals surface area (Å²) in [5.41, 5.74) is 0. The summed E-state index contributed by atoms with van der Waals surface area (Å²) in [5.74, 6) is -0.891. The molecule has 0 rings (SSSR count). The molecule has 7 N–H and O–H groups in total. The average molecular weight is 353 g/mol. The standard InChI is InChI=1S/C15H31NO8/c1-2-3-4-5-6-16(7-8-17)15(24)14(23)13(22)12(21)11(20)10(19)9-18/h10-14,17-23H,2-9H2,1H3. The summed E-state index contributed by atoms with van der Waals surface area (Å²) < 4.78 is 0. The number of rotatable bonds is 13. The Labute approximate surface area is 141 Å². The minimum atomic E-state index is -2.05. The highest BCUT2D eigenvalue weighted by molar-refractivity contribution is 5.81. The quantitative estimate of drug-likeness (QED) is 0.174. The summed E-state index contributed by atoms with van der Waals surface area (Å²) in [6, 6.07) is 0. The Balaban J connectivity index is 4.75. The molecule has 24 heavy (non-hydrogen) atoms. The maximum atomic E-state index is 12.2. The second-order valence-corrected chi connectivity index (χ2v) is 5.78. The van der Waals surface area contributed by atoms with Gasteiger partial charge in [0.15, 0.2) is 6.10 Å². The molecular formula is C15H31NO8. The van der Waals surface area contributed by atoms with E-state index in [1.807, 2.05) is 6.92 Å². The third-order valence-electron chi connectivity index (χ3n) is 3.82. The molecule has 144 valence electrons. The van der Waals surface area contributed by atoms with Crippen LogP contribution in [0, 0.1) is 0 Å². The highest BCUT2D eigenvalue weighted by atomic mass is 16.4. The Morgan fingerprint density at radius 2 is 1.50 bits per heavy atom. The van der Waals surface area contributed by atoms with E-state index in [0.717, 1.165) is 19.3 Å². The van der Waals surface area contributed by atoms with Gasteiger partial charge in [-0.2, -0.15) is 0 Å². The van der Waals surface area contributed by atoms with Gasteiger partial charge < -0.3 is 40.6 Å². The van der Waals surface area contributed by atoms with Gasteiger partial charge in [0, 0.05) is 13.1 Å². The first-order valence-electron chi connectivity index (χ1n) is 8.22. The summed E-state index contributed by atoms with van der Waals surface area (Å²) in [4.78, 5) is 13.4. The summed E-state index contributed by atoms with van der Waals surface area (Å²) in [5, 5.41) is 66.0. The number of hydrogen-bond donors (Lipinski definition) is 7. The smallest absolute Gasteiger partial charge is 0.254 e. The minimum Gasteiger partial charge on any atom is -0.395 e. The molecule has 0 heterocycles. The van der Waals surface area contributed by atoms with Crippen LogP contribution in [0.15, 0.2) is 0 Å². The lowest BCUT2D eigenvalue weighted by Crippen LogP contribution is -2.55. The molecule has 0 saturated heterocycles. The first-order chi connectivity index (χ1) is 11.3. The summed E-state index contributed by atoms with van der Waals surface area (Å²) in [7, 11) is 0. The molecule has 9 nitrogen and oxygen atoms in total. The zero-order chi connectivity index (χ0) is 18.7. The van der Waals surface area contributed by atoms with Crippen LogP contribution in [-0.2, 0) is 4.79 Å². The molecule has 0 radical (unpaired) electrons. The topological polar surface area (TPSA) is 162 Å². The Morgan fingerprint density at radius 3 is 2.00 bits per heavy atom. The molecule has 0 aliphatic heterocycles. The van der Waals surface area contributed by atoms with Crippen molar-refractivity contribution >= 4 is 5.91 Å². The molecule has 9 heteroatoms. The maximum Gasteiger partial charge on any atom is 0.254 e. The molecule has 0 saturated carbocycles. The fraction of sp³-hybridized carbons (Fsp3) is 0.933. The lowest BCUT2D eigenvalue weighted by molar-refractivity contribution is -0.164. The number of carbonyl (C=O) groups excluding carboxylic acids is 1. The van der Waals surface area contributed by atoms with E-state index in [2.05, 4.69) is 0 Å². The van der Waals surface area contributed by atoms with Crippen molar-refractivity contribution in [1.82, 2.24) is 4.90 Å². The predicted molar refractivity (Wildman–Crippen MR) is 84.9 cm³/mol. The summed E-state index contributed by atoms with van der Waals surface area (Å²) in [6.45, 7) is 1.10. The third kappa shape index (κ3) is 7.39. The molecule has 5 unspecified atom stereocenters. The van der Waals surface area contributed by atoms with Gasteiger partial charge in [-0.05, 0) is 6.42 Å². The van der Waals surface area contributed by atoms with Crippen LogP contribution in [0.4, 0.5) is 0 Å². The number of amides is 1. The van der Waals surface area contributed by atoms with Crippen LogP contribution in [0.25, 0.3) is 0 Å². The van der Waals surface area contributed by atoms with E-state index in [4.69, 9.17) is 10.2 Å². The lowest BCUT2D eigenvalue weighted by atomic mass is 9.98. The molecule has 1 amide bonds. The third-order valence-corrected chi connectivity index (χ3v) is 3.82. The normalized spacial score (nSPS) is 17.8. The molecule has 5 atom stereocenters. The summed E-state index contributed by atoms with van der Waals surface area (Å²) in [6.07, 6.45) is -6.23. The monoisotopic (exact) mass is 353 g/mol. The largest absolute Gasteiger partial charge is 0.395 e. The van der Waals surface area contributed by atoms with Crippen molar-refractivity contribution in [3.8, 4) is 0 Å². The summed E-state index contributed by atoms with van der Waals surface area (Å²) >= 11 is 0. The van der Waals surface area contributed by atoms with Gasteiger partial charge in [0.2, 0.25) is 0 Å². The molecular weight excluding hydrogens is 322 g/mol. The number of hydrogen-bond acceptors (Lipinski definition) is 8. The van der Waals surface area contributed by atoms with E-state index >= 15 is 0 Å². The van der Waals surface area contributed by atoms with Crippen molar-refractivity contribution in [2.45, 2.75) is 63.1 Å². The van der Waals surface area contributed by atoms with Crippen LogP contribution in [-0.4, -0.2) is 103 Å². The Hall–Kier alpha value is -0.810. The second-order valence-electron chi connectivity index (χ2n) is 5.78. The highest BCUT2D eigenvalue weighted by Gasteiger charge is 2.38. The van der Waals surface area contributed by atoms with Gasteiger partial charge in [-0.15, -0.1) is 0 Å². The highest BCUT2D eigenvalue weighted by Crippen LogP contribution is 2.12. The SMILES string of the molecule is CCCCCCN(CCO)C(=O)C(O)C(O)C(O)C(O)C(O)CO. The number of aliphatic hydroxyl groups is 7. The molecule has 0 aromatic carbocycles. The predicted octanol–water partition coefficient (Wildman–Crippen LogP) is -2.82. The van der Waals surface area contributed by atoms with Gasteiger partial charge in [0.25, 0.3) is 5.91 Å². The van der Waals surface area contributed by atoms with Crippen molar-refractivity contribution in [3.05, 3.63) is 0 Å². The Bertz CT molecular complexity index is 343. The second kappa shape index (κ2) is 12.5. The fourth-order valence-corrected chi connectivity index (χ4v) is 2.24. The van der Waals surface area contributed by atoms with Crippen molar-refractivity contribution in [1.29, 1.82) is 0 Å². The van der Waals surface area contributed by atoms with Gasteiger partial charge in [0.05, 0.1) is 13.2 Å². The van der Waals surface area contributed by atoms with Crippen LogP contribution >= 0.6 is 0 Å². The lowest BCUT2D eigenvalue weighted by Gasteiger charge is -2.31. The van der Waals surface area contributed by atoms with Crippen LogP contribution in [0.1, 0.15) is 32.6 Å². The number of aliphatic hydroxyl groups excluding tert-OH is 7. The van der Waals surface area contributed by atoms with Crippen LogP contribution in [0.3, 0.4) is 0 Å². The van der Waals surface area contributed by atoms with Crippen molar-refractivity contribution < 1.29 is 40.5 Å². The van der Waals surface area contributed by atoms with Gasteiger partial charge in [-0.1, -0.05) is 26.2 Å². The molecule has 0 aliphatic rings. The first kappa shape index (κ1) is 23.2. The van der Waals surface area contributed by atoms with Crippen LogP contribution in [0.5, 0.6) is 0 Å². The zero-order valence-electron chi connectivity index (χ0n) is 14.0. The number of nitrogens with zero attached hydrogens (tertiary/aromatic N) is 1. The van der Waals surface area contributed by atoms with Gasteiger partial charge in [-0.25, -0.2) is 0 Å². The molecule has 0 aromatic heterocycles. The van der Waals surface area contributed by atoms with Crippen molar-refractivity contribution in [3.63, 3.8) is 0 Å². The van der Waals surface area contributed by atoms with Crippen molar-refractivity contribution in [2.24, 2.45) is 0 Å². The van der Waals surface area contributed by atoms with E-state index < -0.39 is 43.0 Å². The molecule has 0 bridgehead atoms. The zero-order valence-corrected chi connectivity index (χ0v) is 14.0. The van der Waals surface area contributed by atoms with Gasteiger partial charge >= 0.3 is 0 Å². The minimum absolute atomic E-state index is 0.0351. The first-order valence-corrected chi connectivity index (χ1v) is 8.22. The Kier molecular flexibility index (Phi) is 12.1. The number of carbonyl (C=O) groups is 1. The Morgan fingerprint density at radius 1 is 0.875 bits per heavy atom. The van der Waals surface area contributed by atoms with E-state index in [0.29, 0.717) is 6.42 Å². The fourth-order valence-electron chi connectivity index (χ4n) is 2.24. The van der Waals surface area contributed by atoms with Crippen molar-refractivity contribution in [2.75, 3.05) is 26.3 Å². The van der Waals surface area contributed by atoms with E-state index in [-0.39, 0.29) is 19.7 Å². The van der Waals surface area contributed by atoms with E-state index in [1.165, 1.54) is 4.90 Å². The molecule has 0 fully saturated rings. The van der Waals surface area contributed by atoms with Crippen LogP contribution < -0.4 is 0 Å². The molecule has 0 aromatic rings. The van der Waals surface area contributed by atoms with Gasteiger partial charge in [-0.3, -0.25) is 4.79 Å². The maximum absolute atomic E-state index is 12.2. The molecule has 0 aliphatic carbocycles. The molecule has 0 spiro atoms. The van der Waals surface area contributed by atoms with Gasteiger partial charge in [0.1, 0.15) is 24.4 Å². The van der Waals surface area contributed by atoms with Crippen LogP contribution in [0.2, 0.25) is 0 Å². The average Bonchev–Trinajstić information content (AvgIpc) is 2.60. The van der Waals surface area contributed by atoms with E-state index in [9.17, 15) is 30.3 Å². The van der Waals surface area contributed by atoms with E-state index in [1.54, 1.807) is 0 Å².